The summed E-state index contributed by atoms with van der Waals surface area (Å²) in [6, 6.07) is 7.27. The van der Waals surface area contributed by atoms with E-state index in [1.165, 1.54) is 11.1 Å². The SMILES string of the molecule is Cc1ccc(N(CCC(=O)O)C(=O)c2cn[nH]n2)cc1. The van der Waals surface area contributed by atoms with Crippen molar-refractivity contribution in [2.75, 3.05) is 11.4 Å². The summed E-state index contributed by atoms with van der Waals surface area (Å²) in [6.45, 7) is 2.01. The van der Waals surface area contributed by atoms with Gasteiger partial charge in [0, 0.05) is 12.2 Å². The second-order valence-electron chi connectivity index (χ2n) is 4.29. The van der Waals surface area contributed by atoms with Crippen LogP contribution in [0.5, 0.6) is 0 Å². The average molecular weight is 274 g/mol. The number of carboxylic acids is 1. The van der Waals surface area contributed by atoms with E-state index in [0.717, 1.165) is 5.56 Å². The first-order chi connectivity index (χ1) is 9.58. The third kappa shape index (κ3) is 3.19. The van der Waals surface area contributed by atoms with Crippen molar-refractivity contribution in [1.29, 1.82) is 0 Å². The maximum Gasteiger partial charge on any atom is 0.305 e. The van der Waals surface area contributed by atoms with Gasteiger partial charge in [-0.3, -0.25) is 9.59 Å². The molecular formula is C13H14N4O3. The molecule has 2 aromatic rings. The quantitative estimate of drug-likeness (QED) is 0.854. The van der Waals surface area contributed by atoms with Crippen LogP contribution in [0.2, 0.25) is 0 Å². The van der Waals surface area contributed by atoms with E-state index < -0.39 is 5.97 Å². The molecule has 1 heterocycles. The van der Waals surface area contributed by atoms with Crippen LogP contribution in [-0.2, 0) is 4.79 Å². The Hall–Kier alpha value is -2.70. The molecule has 2 N–H and O–H groups in total. The van der Waals surface area contributed by atoms with E-state index in [2.05, 4.69) is 15.4 Å². The van der Waals surface area contributed by atoms with Gasteiger partial charge in [-0.15, -0.1) is 0 Å². The number of hydrogen-bond acceptors (Lipinski definition) is 4. The summed E-state index contributed by atoms with van der Waals surface area (Å²) in [6.07, 6.45) is 1.17. The average Bonchev–Trinajstić information content (AvgIpc) is 2.94. The van der Waals surface area contributed by atoms with Crippen LogP contribution in [-0.4, -0.2) is 38.9 Å². The number of carbonyl (C=O) groups is 2. The fourth-order valence-corrected chi connectivity index (χ4v) is 1.72. The lowest BCUT2D eigenvalue weighted by Gasteiger charge is -2.21. The number of nitrogens with zero attached hydrogens (tertiary/aromatic N) is 3. The Morgan fingerprint density at radius 3 is 2.55 bits per heavy atom. The molecule has 0 unspecified atom stereocenters. The number of carbonyl (C=O) groups excluding carboxylic acids is 1. The van der Waals surface area contributed by atoms with Crippen LogP contribution >= 0.6 is 0 Å². The topological polar surface area (TPSA) is 99.2 Å². The molecule has 2 rings (SSSR count). The first kappa shape index (κ1) is 13.7. The van der Waals surface area contributed by atoms with Crippen LogP contribution in [0.25, 0.3) is 0 Å². The first-order valence-electron chi connectivity index (χ1n) is 6.04. The minimum absolute atomic E-state index is 0.0735. The number of aromatic amines is 1. The van der Waals surface area contributed by atoms with Crippen LogP contribution in [0.1, 0.15) is 22.5 Å². The normalized spacial score (nSPS) is 10.2. The second-order valence-corrected chi connectivity index (χ2v) is 4.29. The summed E-state index contributed by atoms with van der Waals surface area (Å²) in [5.74, 6) is -1.35. The van der Waals surface area contributed by atoms with E-state index >= 15 is 0 Å². The van der Waals surface area contributed by atoms with Gasteiger partial charge >= 0.3 is 5.97 Å². The number of anilines is 1. The molecule has 104 valence electrons. The largest absolute Gasteiger partial charge is 0.481 e. The van der Waals surface area contributed by atoms with Crippen LogP contribution in [0, 0.1) is 6.92 Å². The van der Waals surface area contributed by atoms with E-state index in [4.69, 9.17) is 5.11 Å². The zero-order chi connectivity index (χ0) is 14.5. The molecule has 1 amide bonds. The summed E-state index contributed by atoms with van der Waals surface area (Å²) < 4.78 is 0. The van der Waals surface area contributed by atoms with Crippen molar-refractivity contribution >= 4 is 17.6 Å². The molecule has 0 aliphatic heterocycles. The van der Waals surface area contributed by atoms with E-state index in [9.17, 15) is 9.59 Å². The number of benzene rings is 1. The standard InChI is InChI=1S/C13H14N4O3/c1-9-2-4-10(5-3-9)17(7-6-12(18)19)13(20)11-8-14-16-15-11/h2-5,8H,6-7H2,1H3,(H,18,19)(H,14,15,16). The van der Waals surface area contributed by atoms with Gasteiger partial charge < -0.3 is 10.0 Å². The highest BCUT2D eigenvalue weighted by Crippen LogP contribution is 2.17. The number of aryl methyl sites for hydroxylation is 1. The van der Waals surface area contributed by atoms with Crippen molar-refractivity contribution in [1.82, 2.24) is 15.4 Å². The molecule has 0 fully saturated rings. The first-order valence-corrected chi connectivity index (χ1v) is 6.04. The molecule has 0 radical (unpaired) electrons. The van der Waals surface area contributed by atoms with Gasteiger partial charge in [0.1, 0.15) is 0 Å². The fourth-order valence-electron chi connectivity index (χ4n) is 1.72. The summed E-state index contributed by atoms with van der Waals surface area (Å²) in [5.41, 5.74) is 1.83. The highest BCUT2D eigenvalue weighted by atomic mass is 16.4. The Morgan fingerprint density at radius 2 is 2.00 bits per heavy atom. The van der Waals surface area contributed by atoms with E-state index in [0.29, 0.717) is 5.69 Å². The lowest BCUT2D eigenvalue weighted by molar-refractivity contribution is -0.136. The maximum absolute atomic E-state index is 12.3. The molecule has 0 saturated heterocycles. The number of aliphatic carboxylic acids is 1. The number of hydrogen-bond donors (Lipinski definition) is 2. The molecule has 20 heavy (non-hydrogen) atoms. The minimum atomic E-state index is -0.963. The van der Waals surface area contributed by atoms with E-state index in [1.54, 1.807) is 12.1 Å². The summed E-state index contributed by atoms with van der Waals surface area (Å²) in [7, 11) is 0. The van der Waals surface area contributed by atoms with E-state index in [1.807, 2.05) is 19.1 Å². The van der Waals surface area contributed by atoms with Crippen LogP contribution in [0.15, 0.2) is 30.5 Å². The number of carboxylic acid groups (broad SMARTS) is 1. The van der Waals surface area contributed by atoms with Crippen molar-refractivity contribution in [2.45, 2.75) is 13.3 Å². The molecule has 0 atom stereocenters. The minimum Gasteiger partial charge on any atom is -0.481 e. The van der Waals surface area contributed by atoms with Gasteiger partial charge in [0.15, 0.2) is 5.69 Å². The third-order valence-electron chi connectivity index (χ3n) is 2.77. The maximum atomic E-state index is 12.3. The zero-order valence-corrected chi connectivity index (χ0v) is 10.9. The van der Waals surface area contributed by atoms with Gasteiger partial charge in [0.25, 0.3) is 5.91 Å². The highest BCUT2D eigenvalue weighted by molar-refractivity contribution is 6.04. The van der Waals surface area contributed by atoms with Crippen molar-refractivity contribution in [3.8, 4) is 0 Å². The monoisotopic (exact) mass is 274 g/mol. The fraction of sp³-hybridized carbons (Fsp3) is 0.231. The van der Waals surface area contributed by atoms with Gasteiger partial charge in [-0.25, -0.2) is 0 Å². The Balaban J connectivity index is 2.26. The zero-order valence-electron chi connectivity index (χ0n) is 10.9. The number of H-pyrrole nitrogens is 1. The summed E-state index contributed by atoms with van der Waals surface area (Å²) in [5, 5.41) is 18.5. The van der Waals surface area contributed by atoms with Crippen LogP contribution < -0.4 is 4.90 Å². The lowest BCUT2D eigenvalue weighted by atomic mass is 10.2. The molecular weight excluding hydrogens is 260 g/mol. The van der Waals surface area contributed by atoms with Crippen molar-refractivity contribution < 1.29 is 14.7 Å². The molecule has 7 heteroatoms. The molecule has 0 bridgehead atoms. The molecule has 0 aliphatic carbocycles. The predicted octanol–water partition coefficient (Wildman–Crippen LogP) is 1.23. The summed E-state index contributed by atoms with van der Waals surface area (Å²) >= 11 is 0. The molecule has 1 aromatic heterocycles. The Morgan fingerprint density at radius 1 is 1.30 bits per heavy atom. The number of aromatic nitrogens is 3. The van der Waals surface area contributed by atoms with Gasteiger partial charge in [-0.2, -0.15) is 15.4 Å². The Kier molecular flexibility index (Phi) is 4.09. The van der Waals surface area contributed by atoms with Crippen molar-refractivity contribution in [3.05, 3.63) is 41.7 Å². The Labute approximate surface area is 115 Å². The smallest absolute Gasteiger partial charge is 0.305 e. The predicted molar refractivity (Wildman–Crippen MR) is 71.5 cm³/mol. The van der Waals surface area contributed by atoms with Gasteiger partial charge in [-0.1, -0.05) is 17.7 Å². The molecule has 0 aliphatic rings. The van der Waals surface area contributed by atoms with Gasteiger partial charge in [0.2, 0.25) is 0 Å². The van der Waals surface area contributed by atoms with Crippen LogP contribution in [0.3, 0.4) is 0 Å². The van der Waals surface area contributed by atoms with Crippen LogP contribution in [0.4, 0.5) is 5.69 Å². The molecule has 0 saturated carbocycles. The van der Waals surface area contributed by atoms with Crippen molar-refractivity contribution in [3.63, 3.8) is 0 Å². The molecule has 1 aromatic carbocycles. The molecule has 0 spiro atoms. The summed E-state index contributed by atoms with van der Waals surface area (Å²) in [4.78, 5) is 24.4. The third-order valence-corrected chi connectivity index (χ3v) is 2.77. The lowest BCUT2D eigenvalue weighted by Crippen LogP contribution is -2.33. The van der Waals surface area contributed by atoms with Gasteiger partial charge in [-0.05, 0) is 19.1 Å². The van der Waals surface area contributed by atoms with E-state index in [-0.39, 0.29) is 24.6 Å². The molecule has 7 nitrogen and oxygen atoms in total. The Bertz CT molecular complexity index is 593. The highest BCUT2D eigenvalue weighted by Gasteiger charge is 2.20. The second kappa shape index (κ2) is 5.96. The number of amides is 1. The van der Waals surface area contributed by atoms with Crippen molar-refractivity contribution in [2.24, 2.45) is 0 Å². The number of rotatable bonds is 5. The number of nitrogens with one attached hydrogen (secondary N) is 1. The van der Waals surface area contributed by atoms with Gasteiger partial charge in [0.05, 0.1) is 12.6 Å².